The molecule has 0 amide bonds. The lowest BCUT2D eigenvalue weighted by Gasteiger charge is -2.38. The first-order valence-corrected chi connectivity index (χ1v) is 6.11. The van der Waals surface area contributed by atoms with E-state index in [1.165, 1.54) is 0 Å². The number of aromatic nitrogens is 2. The van der Waals surface area contributed by atoms with Gasteiger partial charge < -0.3 is 9.84 Å². The number of rotatable bonds is 4. The van der Waals surface area contributed by atoms with Crippen LogP contribution in [0.25, 0.3) is 0 Å². The average Bonchev–Trinajstić information content (AvgIpc) is 2.75. The molecule has 0 saturated carbocycles. The van der Waals surface area contributed by atoms with Crippen LogP contribution >= 0.6 is 0 Å². The van der Waals surface area contributed by atoms with Gasteiger partial charge in [-0.2, -0.15) is 5.10 Å². The first-order chi connectivity index (χ1) is 8.58. The van der Waals surface area contributed by atoms with Crippen LogP contribution in [0.5, 0.6) is 0 Å². The molecule has 1 aromatic rings. The number of carboxylic acids is 1. The first kappa shape index (κ1) is 13.0. The van der Waals surface area contributed by atoms with Crippen molar-refractivity contribution in [3.05, 3.63) is 18.0 Å². The summed E-state index contributed by atoms with van der Waals surface area (Å²) >= 11 is 0. The van der Waals surface area contributed by atoms with E-state index in [4.69, 9.17) is 9.84 Å². The summed E-state index contributed by atoms with van der Waals surface area (Å²) in [6.07, 6.45) is 3.92. The summed E-state index contributed by atoms with van der Waals surface area (Å²) in [6.45, 7) is 3.98. The van der Waals surface area contributed by atoms with Crippen LogP contribution < -0.4 is 0 Å². The molecule has 2 unspecified atom stereocenters. The second-order valence-corrected chi connectivity index (χ2v) is 4.69. The highest BCUT2D eigenvalue weighted by Gasteiger charge is 2.29. The molecule has 100 valence electrons. The van der Waals surface area contributed by atoms with Gasteiger partial charge in [0.05, 0.1) is 25.8 Å². The summed E-state index contributed by atoms with van der Waals surface area (Å²) in [6, 6.07) is 0.0957. The number of aliphatic carboxylic acids is 1. The zero-order chi connectivity index (χ0) is 13.1. The molecule has 6 nitrogen and oxygen atoms in total. The average molecular weight is 253 g/mol. The van der Waals surface area contributed by atoms with E-state index in [0.717, 1.165) is 12.1 Å². The zero-order valence-electron chi connectivity index (χ0n) is 10.7. The maximum absolute atomic E-state index is 10.9. The molecule has 1 fully saturated rings. The Labute approximate surface area is 106 Å². The summed E-state index contributed by atoms with van der Waals surface area (Å²) in [5, 5.41) is 13.1. The van der Waals surface area contributed by atoms with Gasteiger partial charge >= 0.3 is 5.97 Å². The van der Waals surface area contributed by atoms with Crippen LogP contribution in [0.2, 0.25) is 0 Å². The van der Waals surface area contributed by atoms with E-state index in [2.05, 4.69) is 16.9 Å². The molecule has 2 rings (SSSR count). The smallest absolute Gasteiger partial charge is 0.305 e. The predicted molar refractivity (Wildman–Crippen MR) is 65.2 cm³/mol. The molecule has 1 N–H and O–H groups in total. The third kappa shape index (κ3) is 2.88. The standard InChI is InChI=1S/C12H19N3O3/c1-9(10-6-13-14(2)7-10)15-3-4-18-8-11(15)5-12(16)17/h6-7,9,11H,3-5,8H2,1-2H3,(H,16,17). The Morgan fingerprint density at radius 2 is 2.50 bits per heavy atom. The fourth-order valence-corrected chi connectivity index (χ4v) is 2.40. The number of morpholine rings is 1. The van der Waals surface area contributed by atoms with Crippen molar-refractivity contribution in [1.29, 1.82) is 0 Å². The van der Waals surface area contributed by atoms with Crippen molar-refractivity contribution in [3.63, 3.8) is 0 Å². The molecule has 2 atom stereocenters. The van der Waals surface area contributed by atoms with Crippen LogP contribution in [-0.4, -0.2) is 51.6 Å². The van der Waals surface area contributed by atoms with Gasteiger partial charge in [-0.15, -0.1) is 0 Å². The Morgan fingerprint density at radius 1 is 1.72 bits per heavy atom. The van der Waals surface area contributed by atoms with Crippen LogP contribution in [0, 0.1) is 0 Å². The molecule has 6 heteroatoms. The largest absolute Gasteiger partial charge is 0.481 e. The highest BCUT2D eigenvalue weighted by Crippen LogP contribution is 2.25. The molecule has 18 heavy (non-hydrogen) atoms. The van der Waals surface area contributed by atoms with Crippen LogP contribution in [0.3, 0.4) is 0 Å². The van der Waals surface area contributed by atoms with Gasteiger partial charge in [-0.1, -0.05) is 0 Å². The van der Waals surface area contributed by atoms with Gasteiger partial charge in [0.25, 0.3) is 0 Å². The normalized spacial score (nSPS) is 22.9. The maximum atomic E-state index is 10.9. The van der Waals surface area contributed by atoms with Crippen molar-refractivity contribution in [2.75, 3.05) is 19.8 Å². The second-order valence-electron chi connectivity index (χ2n) is 4.69. The Kier molecular flexibility index (Phi) is 3.98. The van der Waals surface area contributed by atoms with Crippen molar-refractivity contribution in [3.8, 4) is 0 Å². The minimum Gasteiger partial charge on any atom is -0.481 e. The van der Waals surface area contributed by atoms with E-state index < -0.39 is 5.97 Å². The Bertz CT molecular complexity index is 418. The van der Waals surface area contributed by atoms with Crippen molar-refractivity contribution >= 4 is 5.97 Å². The van der Waals surface area contributed by atoms with E-state index in [0.29, 0.717) is 13.2 Å². The number of hydrogen-bond acceptors (Lipinski definition) is 4. The Balaban J connectivity index is 2.10. The molecule has 0 bridgehead atoms. The lowest BCUT2D eigenvalue weighted by atomic mass is 10.1. The number of nitrogens with zero attached hydrogens (tertiary/aromatic N) is 3. The monoisotopic (exact) mass is 253 g/mol. The minimum absolute atomic E-state index is 0.0635. The third-order valence-corrected chi connectivity index (χ3v) is 3.39. The van der Waals surface area contributed by atoms with Gasteiger partial charge in [-0.05, 0) is 6.92 Å². The van der Waals surface area contributed by atoms with E-state index in [1.54, 1.807) is 4.68 Å². The topological polar surface area (TPSA) is 67.6 Å². The van der Waals surface area contributed by atoms with Crippen molar-refractivity contribution < 1.29 is 14.6 Å². The van der Waals surface area contributed by atoms with Crippen LogP contribution in [0.4, 0.5) is 0 Å². The van der Waals surface area contributed by atoms with Gasteiger partial charge in [0.15, 0.2) is 0 Å². The second kappa shape index (κ2) is 5.49. The highest BCUT2D eigenvalue weighted by atomic mass is 16.5. The van der Waals surface area contributed by atoms with Gasteiger partial charge in [0.1, 0.15) is 0 Å². The molecular formula is C12H19N3O3. The number of carboxylic acid groups (broad SMARTS) is 1. The van der Waals surface area contributed by atoms with Crippen molar-refractivity contribution in [2.45, 2.75) is 25.4 Å². The molecule has 1 saturated heterocycles. The minimum atomic E-state index is -0.783. The van der Waals surface area contributed by atoms with Gasteiger partial charge in [-0.25, -0.2) is 0 Å². The van der Waals surface area contributed by atoms with Gasteiger partial charge in [0.2, 0.25) is 0 Å². The maximum Gasteiger partial charge on any atom is 0.305 e. The number of aryl methyl sites for hydroxylation is 1. The van der Waals surface area contributed by atoms with Gasteiger partial charge in [0, 0.05) is 37.4 Å². The quantitative estimate of drug-likeness (QED) is 0.853. The van der Waals surface area contributed by atoms with Crippen LogP contribution in [0.15, 0.2) is 12.4 Å². The molecule has 0 aliphatic carbocycles. The number of ether oxygens (including phenoxy) is 1. The first-order valence-electron chi connectivity index (χ1n) is 6.11. The molecule has 1 aliphatic heterocycles. The summed E-state index contributed by atoms with van der Waals surface area (Å²) in [5.41, 5.74) is 1.11. The molecule has 2 heterocycles. The summed E-state index contributed by atoms with van der Waals surface area (Å²) in [4.78, 5) is 13.1. The lowest BCUT2D eigenvalue weighted by Crippen LogP contribution is -2.47. The van der Waals surface area contributed by atoms with Crippen LogP contribution in [0.1, 0.15) is 24.9 Å². The molecule has 0 spiro atoms. The molecular weight excluding hydrogens is 234 g/mol. The number of carbonyl (C=O) groups is 1. The molecule has 1 aromatic heterocycles. The van der Waals surface area contributed by atoms with E-state index in [1.807, 2.05) is 19.4 Å². The van der Waals surface area contributed by atoms with Gasteiger partial charge in [-0.3, -0.25) is 14.4 Å². The van der Waals surface area contributed by atoms with Crippen molar-refractivity contribution in [2.24, 2.45) is 7.05 Å². The SMILES string of the molecule is CC(c1cnn(C)c1)N1CCOCC1CC(=O)O. The van der Waals surface area contributed by atoms with Crippen LogP contribution in [-0.2, 0) is 16.6 Å². The number of hydrogen-bond donors (Lipinski definition) is 1. The Hall–Kier alpha value is -1.40. The molecule has 1 aliphatic rings. The fourth-order valence-electron chi connectivity index (χ4n) is 2.40. The third-order valence-electron chi connectivity index (χ3n) is 3.39. The van der Waals surface area contributed by atoms with E-state index in [-0.39, 0.29) is 18.5 Å². The fraction of sp³-hybridized carbons (Fsp3) is 0.667. The van der Waals surface area contributed by atoms with E-state index >= 15 is 0 Å². The summed E-state index contributed by atoms with van der Waals surface area (Å²) < 4.78 is 7.14. The highest BCUT2D eigenvalue weighted by molar-refractivity contribution is 5.67. The Morgan fingerprint density at radius 3 is 3.11 bits per heavy atom. The molecule has 0 radical (unpaired) electrons. The van der Waals surface area contributed by atoms with E-state index in [9.17, 15) is 4.79 Å². The predicted octanol–water partition coefficient (Wildman–Crippen LogP) is 0.657. The summed E-state index contributed by atoms with van der Waals surface area (Å²) in [5.74, 6) is -0.783. The van der Waals surface area contributed by atoms with Crippen molar-refractivity contribution in [1.82, 2.24) is 14.7 Å². The molecule has 0 aromatic carbocycles. The zero-order valence-corrected chi connectivity index (χ0v) is 10.7. The summed E-state index contributed by atoms with van der Waals surface area (Å²) in [7, 11) is 1.88. The lowest BCUT2D eigenvalue weighted by molar-refractivity contribution is -0.140.